The summed E-state index contributed by atoms with van der Waals surface area (Å²) in [5, 5.41) is 0. The average molecular weight is 176 g/mol. The fourth-order valence-electron chi connectivity index (χ4n) is 1.99. The van der Waals surface area contributed by atoms with Gasteiger partial charge in [-0.3, -0.25) is 4.79 Å². The minimum absolute atomic E-state index is 0.192. The molecular formula is C11H14NO. The molecule has 69 valence electrons. The van der Waals surface area contributed by atoms with Crippen LogP contribution in [-0.2, 0) is 4.79 Å². The molecule has 2 aliphatic rings. The van der Waals surface area contributed by atoms with Gasteiger partial charge in [0.05, 0.1) is 0 Å². The van der Waals surface area contributed by atoms with Crippen LogP contribution in [0, 0.1) is 12.0 Å². The molecule has 2 heteroatoms. The minimum atomic E-state index is 0.192. The molecule has 0 bridgehead atoms. The van der Waals surface area contributed by atoms with E-state index in [-0.39, 0.29) is 5.91 Å². The lowest BCUT2D eigenvalue weighted by molar-refractivity contribution is -0.129. The number of carbonyl (C=O) groups excluding carboxylic acids is 1. The quantitative estimate of drug-likeness (QED) is 0.548. The highest BCUT2D eigenvalue weighted by molar-refractivity contribution is 5.73. The molecule has 0 aromatic rings. The molecule has 0 saturated carbocycles. The van der Waals surface area contributed by atoms with Crippen LogP contribution in [0.3, 0.4) is 0 Å². The maximum atomic E-state index is 11.1. The van der Waals surface area contributed by atoms with Crippen molar-refractivity contribution in [3.63, 3.8) is 0 Å². The Morgan fingerprint density at radius 1 is 1.69 bits per heavy atom. The zero-order chi connectivity index (χ0) is 9.26. The van der Waals surface area contributed by atoms with Crippen LogP contribution in [0.5, 0.6) is 0 Å². The number of piperidine rings is 1. The molecule has 1 radical (unpaired) electrons. The standard InChI is InChI=1S/C11H14NO/c1-9(13)12-7-6-10-4-2-3-5-11(10)8-12/h3,5,10H,4,6-8H2,1H3. The van der Waals surface area contributed by atoms with Crippen LogP contribution < -0.4 is 0 Å². The van der Waals surface area contributed by atoms with E-state index >= 15 is 0 Å². The molecule has 0 aromatic carbocycles. The highest BCUT2D eigenvalue weighted by atomic mass is 16.2. The van der Waals surface area contributed by atoms with E-state index in [1.807, 2.05) is 11.0 Å². The lowest BCUT2D eigenvalue weighted by Crippen LogP contribution is -2.38. The van der Waals surface area contributed by atoms with Crippen LogP contribution in [0.4, 0.5) is 0 Å². The van der Waals surface area contributed by atoms with Crippen LogP contribution in [0.2, 0.25) is 0 Å². The van der Waals surface area contributed by atoms with Crippen LogP contribution in [-0.4, -0.2) is 23.9 Å². The van der Waals surface area contributed by atoms with Crippen molar-refractivity contribution < 1.29 is 4.79 Å². The molecule has 1 aliphatic carbocycles. The molecule has 2 rings (SSSR count). The van der Waals surface area contributed by atoms with Crippen molar-refractivity contribution in [2.45, 2.75) is 19.8 Å². The summed E-state index contributed by atoms with van der Waals surface area (Å²) >= 11 is 0. The van der Waals surface area contributed by atoms with Gasteiger partial charge in [0.1, 0.15) is 0 Å². The third-order valence-corrected chi connectivity index (χ3v) is 2.87. The maximum Gasteiger partial charge on any atom is 0.219 e. The van der Waals surface area contributed by atoms with Crippen molar-refractivity contribution >= 4 is 5.91 Å². The second-order valence-electron chi connectivity index (χ2n) is 3.74. The molecule has 1 heterocycles. The summed E-state index contributed by atoms with van der Waals surface area (Å²) in [7, 11) is 0. The van der Waals surface area contributed by atoms with Crippen molar-refractivity contribution in [3.05, 3.63) is 23.8 Å². The van der Waals surface area contributed by atoms with E-state index < -0.39 is 0 Å². The minimum Gasteiger partial charge on any atom is -0.339 e. The van der Waals surface area contributed by atoms with Gasteiger partial charge in [-0.25, -0.2) is 0 Å². The third kappa shape index (κ3) is 1.67. The Bertz CT molecular complexity index is 278. The summed E-state index contributed by atoms with van der Waals surface area (Å²) < 4.78 is 0. The molecule has 1 amide bonds. The fraction of sp³-hybridized carbons (Fsp3) is 0.545. The molecule has 0 aromatic heterocycles. The van der Waals surface area contributed by atoms with Crippen molar-refractivity contribution in [2.24, 2.45) is 5.92 Å². The van der Waals surface area contributed by atoms with E-state index in [4.69, 9.17) is 0 Å². The third-order valence-electron chi connectivity index (χ3n) is 2.87. The van der Waals surface area contributed by atoms with Gasteiger partial charge in [0.15, 0.2) is 0 Å². The Morgan fingerprint density at radius 3 is 3.31 bits per heavy atom. The largest absolute Gasteiger partial charge is 0.339 e. The SMILES string of the molecule is CC(=O)N1CCC2C[C]=CC=C2C1. The van der Waals surface area contributed by atoms with Gasteiger partial charge in [0.2, 0.25) is 5.91 Å². The topological polar surface area (TPSA) is 20.3 Å². The lowest BCUT2D eigenvalue weighted by Gasteiger charge is -2.34. The molecular weight excluding hydrogens is 162 g/mol. The van der Waals surface area contributed by atoms with Crippen molar-refractivity contribution in [1.82, 2.24) is 4.90 Å². The van der Waals surface area contributed by atoms with Crippen molar-refractivity contribution in [2.75, 3.05) is 13.1 Å². The zero-order valence-corrected chi connectivity index (χ0v) is 7.92. The van der Waals surface area contributed by atoms with E-state index in [0.717, 1.165) is 25.9 Å². The van der Waals surface area contributed by atoms with Gasteiger partial charge in [-0.2, -0.15) is 0 Å². The molecule has 2 nitrogen and oxygen atoms in total. The first-order valence-electron chi connectivity index (χ1n) is 4.78. The predicted molar refractivity (Wildman–Crippen MR) is 50.9 cm³/mol. The van der Waals surface area contributed by atoms with Gasteiger partial charge in [-0.05, 0) is 30.4 Å². The summed E-state index contributed by atoms with van der Waals surface area (Å²) in [4.78, 5) is 13.1. The van der Waals surface area contributed by atoms with Gasteiger partial charge in [-0.1, -0.05) is 12.2 Å². The smallest absolute Gasteiger partial charge is 0.219 e. The Kier molecular flexibility index (Phi) is 2.21. The summed E-state index contributed by atoms with van der Waals surface area (Å²) in [6.07, 6.45) is 9.46. The fourth-order valence-corrected chi connectivity index (χ4v) is 1.99. The van der Waals surface area contributed by atoms with E-state index in [2.05, 4.69) is 12.2 Å². The van der Waals surface area contributed by atoms with Crippen LogP contribution in [0.1, 0.15) is 19.8 Å². The first kappa shape index (κ1) is 8.54. The van der Waals surface area contributed by atoms with Crippen molar-refractivity contribution in [1.29, 1.82) is 0 Å². The number of hydrogen-bond donors (Lipinski definition) is 0. The molecule has 0 spiro atoms. The molecule has 1 aliphatic heterocycles. The first-order valence-corrected chi connectivity index (χ1v) is 4.78. The molecule has 13 heavy (non-hydrogen) atoms. The van der Waals surface area contributed by atoms with Gasteiger partial charge in [0, 0.05) is 20.0 Å². The number of hydrogen-bond acceptors (Lipinski definition) is 1. The summed E-state index contributed by atoms with van der Waals surface area (Å²) in [6.45, 7) is 3.39. The summed E-state index contributed by atoms with van der Waals surface area (Å²) in [5.74, 6) is 0.846. The van der Waals surface area contributed by atoms with Gasteiger partial charge >= 0.3 is 0 Å². The Labute approximate surface area is 78.9 Å². The predicted octanol–water partition coefficient (Wildman–Crippen LogP) is 1.54. The molecule has 0 N–H and O–H groups in total. The van der Waals surface area contributed by atoms with E-state index in [1.54, 1.807) is 6.92 Å². The number of amides is 1. The number of carbonyl (C=O) groups is 1. The number of allylic oxidation sites excluding steroid dienone is 3. The lowest BCUT2D eigenvalue weighted by atomic mass is 9.85. The molecule has 1 unspecified atom stereocenters. The molecule has 1 saturated heterocycles. The Morgan fingerprint density at radius 2 is 2.54 bits per heavy atom. The number of rotatable bonds is 0. The maximum absolute atomic E-state index is 11.1. The summed E-state index contributed by atoms with van der Waals surface area (Å²) in [6, 6.07) is 0. The number of likely N-dealkylation sites (tertiary alicyclic amines) is 1. The van der Waals surface area contributed by atoms with Gasteiger partial charge in [-0.15, -0.1) is 0 Å². The van der Waals surface area contributed by atoms with Gasteiger partial charge < -0.3 is 4.90 Å². The van der Waals surface area contributed by atoms with Crippen LogP contribution >= 0.6 is 0 Å². The highest BCUT2D eigenvalue weighted by Crippen LogP contribution is 2.28. The number of fused-ring (bicyclic) bond motifs is 1. The van der Waals surface area contributed by atoms with Crippen molar-refractivity contribution in [3.8, 4) is 0 Å². The van der Waals surface area contributed by atoms with Crippen LogP contribution in [0.25, 0.3) is 0 Å². The van der Waals surface area contributed by atoms with Crippen LogP contribution in [0.15, 0.2) is 17.7 Å². The van der Waals surface area contributed by atoms with E-state index in [1.165, 1.54) is 5.57 Å². The number of nitrogens with zero attached hydrogens (tertiary/aromatic N) is 1. The van der Waals surface area contributed by atoms with E-state index in [0.29, 0.717) is 5.92 Å². The summed E-state index contributed by atoms with van der Waals surface area (Å²) in [5.41, 5.74) is 1.40. The second kappa shape index (κ2) is 3.36. The van der Waals surface area contributed by atoms with Gasteiger partial charge in [0.25, 0.3) is 0 Å². The molecule has 1 atom stereocenters. The zero-order valence-electron chi connectivity index (χ0n) is 7.92. The normalized spacial score (nSPS) is 26.7. The average Bonchev–Trinajstić information content (AvgIpc) is 2.17. The van der Waals surface area contributed by atoms with E-state index in [9.17, 15) is 4.79 Å². The molecule has 1 fully saturated rings. The highest BCUT2D eigenvalue weighted by Gasteiger charge is 2.24. The Hall–Kier alpha value is -1.05. The first-order chi connectivity index (χ1) is 6.27. The second-order valence-corrected chi connectivity index (χ2v) is 3.74. The monoisotopic (exact) mass is 176 g/mol. The Balaban J connectivity index is 2.09.